The molecule has 1 fully saturated rings. The summed E-state index contributed by atoms with van der Waals surface area (Å²) in [6.45, 7) is 3.36. The minimum absolute atomic E-state index is 0.121. The molecule has 3 N–H and O–H groups in total. The molecule has 0 aromatic heterocycles. The van der Waals surface area contributed by atoms with Crippen LogP contribution in [0.3, 0.4) is 0 Å². The summed E-state index contributed by atoms with van der Waals surface area (Å²) in [5.74, 6) is 0.917. The molecule has 5 atom stereocenters. The van der Waals surface area contributed by atoms with Crippen molar-refractivity contribution in [1.82, 2.24) is 10.2 Å². The van der Waals surface area contributed by atoms with E-state index in [0.717, 1.165) is 12.4 Å². The number of hydrogen-bond donors (Lipinski definition) is 3. The van der Waals surface area contributed by atoms with Gasteiger partial charge in [0.25, 0.3) is 0 Å². The summed E-state index contributed by atoms with van der Waals surface area (Å²) in [5, 5.41) is 23.3. The highest BCUT2D eigenvalue weighted by molar-refractivity contribution is 5.84. The van der Waals surface area contributed by atoms with Crippen LogP contribution in [0.25, 0.3) is 0 Å². The van der Waals surface area contributed by atoms with Gasteiger partial charge in [-0.2, -0.15) is 0 Å². The van der Waals surface area contributed by atoms with Crippen LogP contribution >= 0.6 is 0 Å². The number of hydrogen-bond acceptors (Lipinski definition) is 6. The van der Waals surface area contributed by atoms with Crippen LogP contribution < -0.4 is 5.32 Å². The molecule has 0 unspecified atom stereocenters. The summed E-state index contributed by atoms with van der Waals surface area (Å²) in [6, 6.07) is -0.338. The van der Waals surface area contributed by atoms with Crippen LogP contribution in [0.1, 0.15) is 13.3 Å². The van der Waals surface area contributed by atoms with Crippen molar-refractivity contribution in [3.05, 3.63) is 0 Å². The number of nitrogens with one attached hydrogen (secondary N) is 1. The van der Waals surface area contributed by atoms with E-state index >= 15 is 0 Å². The third-order valence-corrected chi connectivity index (χ3v) is 3.60. The maximum atomic E-state index is 10.1. The largest absolute Gasteiger partial charge is 0.388 e. The predicted molar refractivity (Wildman–Crippen MR) is 68.7 cm³/mol. The van der Waals surface area contributed by atoms with Crippen LogP contribution in [0.5, 0.6) is 0 Å². The van der Waals surface area contributed by atoms with Gasteiger partial charge in [-0.15, -0.1) is 0 Å². The van der Waals surface area contributed by atoms with Crippen molar-refractivity contribution in [3.63, 3.8) is 0 Å². The number of aliphatic hydroxyl groups excluding tert-OH is 2. The molecule has 0 bridgehead atoms. The van der Waals surface area contributed by atoms with Gasteiger partial charge in [0.05, 0.1) is 12.2 Å². The quantitative estimate of drug-likeness (QED) is 0.593. The minimum atomic E-state index is -0.879. The van der Waals surface area contributed by atoms with Crippen LogP contribution in [0.2, 0.25) is 0 Å². The number of nitrogens with zero attached hydrogens (tertiary/aromatic N) is 2. The van der Waals surface area contributed by atoms with Crippen LogP contribution in [0.15, 0.2) is 4.99 Å². The molecule has 104 valence electrons. The molecule has 0 aromatic rings. The molecular weight excluding hydrogens is 234 g/mol. The Labute approximate surface area is 108 Å². The van der Waals surface area contributed by atoms with Gasteiger partial charge in [-0.1, -0.05) is 6.92 Å². The molecule has 2 aliphatic heterocycles. The van der Waals surface area contributed by atoms with Gasteiger partial charge in [-0.25, -0.2) is 0 Å². The van der Waals surface area contributed by atoms with E-state index < -0.39 is 12.2 Å². The smallest absolute Gasteiger partial charge is 0.109 e. The lowest BCUT2D eigenvalue weighted by Crippen LogP contribution is -2.57. The zero-order chi connectivity index (χ0) is 13.3. The van der Waals surface area contributed by atoms with Crippen molar-refractivity contribution in [1.29, 1.82) is 0 Å². The molecule has 6 heteroatoms. The van der Waals surface area contributed by atoms with Gasteiger partial charge in [0.15, 0.2) is 0 Å². The predicted octanol–water partition coefficient (Wildman–Crippen LogP) is -1.18. The Bertz CT molecular complexity index is 322. The fourth-order valence-corrected chi connectivity index (χ4v) is 2.51. The molecule has 0 spiro atoms. The van der Waals surface area contributed by atoms with E-state index in [9.17, 15) is 10.2 Å². The second-order valence-corrected chi connectivity index (χ2v) is 5.14. The Morgan fingerprint density at radius 1 is 1.39 bits per heavy atom. The van der Waals surface area contributed by atoms with Gasteiger partial charge >= 0.3 is 0 Å². The van der Waals surface area contributed by atoms with Gasteiger partial charge in [-0.3, -0.25) is 4.99 Å². The van der Waals surface area contributed by atoms with Gasteiger partial charge in [-0.05, 0) is 6.54 Å². The molecule has 2 heterocycles. The fraction of sp³-hybridized carbons (Fsp3) is 0.917. The standard InChI is InChI=1S/C12H23N3O3/c1-4-13-6-8-11(16)12(17)10-7(18-8)5-9(14-10)15(2)3/h7-8,10-13,16-17H,4-6H2,1-3H3/t7-,8-,10+,11-,12-/m1/s1. The number of amidine groups is 1. The topological polar surface area (TPSA) is 77.3 Å². The zero-order valence-electron chi connectivity index (χ0n) is 11.2. The molecule has 1 saturated heterocycles. The molecule has 0 amide bonds. The molecule has 2 aliphatic rings. The molecule has 0 aromatic carbocycles. The second kappa shape index (κ2) is 5.52. The second-order valence-electron chi connectivity index (χ2n) is 5.14. The highest BCUT2D eigenvalue weighted by atomic mass is 16.5. The first-order valence-corrected chi connectivity index (χ1v) is 6.51. The third kappa shape index (κ3) is 2.51. The number of aliphatic imine (C=N–C) groups is 1. The van der Waals surface area contributed by atoms with Gasteiger partial charge in [0.2, 0.25) is 0 Å². The minimum Gasteiger partial charge on any atom is -0.388 e. The van der Waals surface area contributed by atoms with Crippen LogP contribution in [-0.2, 0) is 4.74 Å². The molecule has 6 nitrogen and oxygen atoms in total. The number of ether oxygens (including phenoxy) is 1. The van der Waals surface area contributed by atoms with E-state index in [-0.39, 0.29) is 18.2 Å². The Morgan fingerprint density at radius 3 is 2.72 bits per heavy atom. The van der Waals surface area contributed by atoms with Gasteiger partial charge in [0.1, 0.15) is 24.1 Å². The fourth-order valence-electron chi connectivity index (χ4n) is 2.51. The SMILES string of the molecule is CCNC[C@H]1O[C@@H]2CC(N(C)C)=N[C@@H]2[C@@H](O)[C@@H]1O. The van der Waals surface area contributed by atoms with Crippen LogP contribution in [0, 0.1) is 0 Å². The maximum absolute atomic E-state index is 10.1. The van der Waals surface area contributed by atoms with E-state index in [4.69, 9.17) is 4.74 Å². The molecule has 0 saturated carbocycles. The summed E-state index contributed by atoms with van der Waals surface area (Å²) in [6.07, 6.45) is -1.51. The average molecular weight is 257 g/mol. The number of aliphatic hydroxyl groups is 2. The lowest BCUT2D eigenvalue weighted by Gasteiger charge is -2.39. The molecule has 0 aliphatic carbocycles. The van der Waals surface area contributed by atoms with E-state index in [0.29, 0.717) is 13.0 Å². The van der Waals surface area contributed by atoms with Crippen molar-refractivity contribution in [2.75, 3.05) is 27.2 Å². The first-order valence-electron chi connectivity index (χ1n) is 6.51. The highest BCUT2D eigenvalue weighted by Crippen LogP contribution is 2.30. The lowest BCUT2D eigenvalue weighted by molar-refractivity contribution is -0.170. The molecule has 2 rings (SSSR count). The molecule has 18 heavy (non-hydrogen) atoms. The van der Waals surface area contributed by atoms with E-state index in [1.807, 2.05) is 25.9 Å². The summed E-state index contributed by atoms with van der Waals surface area (Å²) in [5.41, 5.74) is 0. The zero-order valence-corrected chi connectivity index (χ0v) is 11.2. The summed E-state index contributed by atoms with van der Waals surface area (Å²) in [7, 11) is 3.85. The molecule has 0 radical (unpaired) electrons. The van der Waals surface area contributed by atoms with E-state index in [1.54, 1.807) is 0 Å². The van der Waals surface area contributed by atoms with Crippen molar-refractivity contribution in [2.24, 2.45) is 4.99 Å². The monoisotopic (exact) mass is 257 g/mol. The maximum Gasteiger partial charge on any atom is 0.109 e. The number of likely N-dealkylation sites (N-methyl/N-ethyl adjacent to an activating group) is 1. The molecular formula is C12H23N3O3. The number of fused-ring (bicyclic) bond motifs is 1. The average Bonchev–Trinajstić information content (AvgIpc) is 2.76. The van der Waals surface area contributed by atoms with Crippen LogP contribution in [0.4, 0.5) is 0 Å². The highest BCUT2D eigenvalue weighted by Gasteiger charge is 2.47. The van der Waals surface area contributed by atoms with Crippen molar-refractivity contribution >= 4 is 5.84 Å². The Morgan fingerprint density at radius 2 is 2.11 bits per heavy atom. The van der Waals surface area contributed by atoms with Crippen LogP contribution in [-0.4, -0.2) is 78.6 Å². The van der Waals surface area contributed by atoms with Crippen molar-refractivity contribution < 1.29 is 14.9 Å². The van der Waals surface area contributed by atoms with Gasteiger partial charge in [0, 0.05) is 27.1 Å². The van der Waals surface area contributed by atoms with Crippen molar-refractivity contribution in [3.8, 4) is 0 Å². The summed E-state index contributed by atoms with van der Waals surface area (Å²) >= 11 is 0. The number of rotatable bonds is 3. The third-order valence-electron chi connectivity index (χ3n) is 3.60. The first kappa shape index (κ1) is 13.7. The van der Waals surface area contributed by atoms with Crippen molar-refractivity contribution in [2.45, 2.75) is 43.8 Å². The normalized spacial score (nSPS) is 39.4. The van der Waals surface area contributed by atoms with E-state index in [1.165, 1.54) is 0 Å². The Balaban J connectivity index is 2.04. The summed E-state index contributed by atoms with van der Waals surface area (Å²) in [4.78, 5) is 6.37. The Hall–Kier alpha value is -0.690. The first-order chi connectivity index (χ1) is 8.54. The van der Waals surface area contributed by atoms with Gasteiger partial charge < -0.3 is 25.2 Å². The lowest BCUT2D eigenvalue weighted by atomic mass is 9.93. The van der Waals surface area contributed by atoms with E-state index in [2.05, 4.69) is 10.3 Å². The summed E-state index contributed by atoms with van der Waals surface area (Å²) < 4.78 is 5.86. The Kier molecular flexibility index (Phi) is 4.21.